The van der Waals surface area contributed by atoms with Crippen LogP contribution in [-0.4, -0.2) is 52.8 Å². The fourth-order valence-electron chi connectivity index (χ4n) is 2.74. The predicted octanol–water partition coefficient (Wildman–Crippen LogP) is 2.06. The number of benzene rings is 1. The number of carbonyl (C=O) groups excluding carboxylic acids is 2. The molecule has 1 atom stereocenters. The first-order valence-electron chi connectivity index (χ1n) is 7.83. The summed E-state index contributed by atoms with van der Waals surface area (Å²) in [5.41, 5.74) is 3.26. The molecule has 7 heteroatoms. The lowest BCUT2D eigenvalue weighted by molar-refractivity contribution is -0.137. The summed E-state index contributed by atoms with van der Waals surface area (Å²) in [4.78, 5) is 33.3. The molecule has 1 aliphatic rings. The van der Waals surface area contributed by atoms with Gasteiger partial charge in [0.1, 0.15) is 6.04 Å². The lowest BCUT2D eigenvalue weighted by atomic mass is 10.1. The van der Waals surface area contributed by atoms with Gasteiger partial charge in [0.15, 0.2) is 0 Å². The van der Waals surface area contributed by atoms with Gasteiger partial charge in [-0.25, -0.2) is 0 Å². The number of aromatic nitrogens is 1. The van der Waals surface area contributed by atoms with E-state index in [4.69, 9.17) is 0 Å². The number of nitrogens with one attached hydrogen (secondary N) is 1. The van der Waals surface area contributed by atoms with Crippen LogP contribution < -0.4 is 5.32 Å². The van der Waals surface area contributed by atoms with Gasteiger partial charge in [-0.1, -0.05) is 6.07 Å². The number of hydrogen-bond donors (Lipinski definition) is 1. The fourth-order valence-corrected chi connectivity index (χ4v) is 3.27. The maximum Gasteiger partial charge on any atom is 0.254 e. The molecule has 0 aliphatic carbocycles. The van der Waals surface area contributed by atoms with Crippen molar-refractivity contribution in [3.63, 3.8) is 0 Å². The molecule has 1 saturated heterocycles. The van der Waals surface area contributed by atoms with Gasteiger partial charge in [0.2, 0.25) is 5.91 Å². The molecule has 2 amide bonds. The average Bonchev–Trinajstić information content (AvgIpc) is 3.11. The Hall–Kier alpha value is -2.41. The number of likely N-dealkylation sites (N-methyl/N-ethyl adjacent to an activating group) is 1. The molecule has 24 heavy (non-hydrogen) atoms. The number of anilines is 1. The molecule has 6 nitrogen and oxygen atoms in total. The highest BCUT2D eigenvalue weighted by Gasteiger charge is 2.32. The van der Waals surface area contributed by atoms with Crippen LogP contribution in [0.4, 0.5) is 5.69 Å². The molecule has 2 aromatic rings. The van der Waals surface area contributed by atoms with Crippen LogP contribution in [0.5, 0.6) is 0 Å². The zero-order valence-corrected chi connectivity index (χ0v) is 14.5. The Kier molecular flexibility index (Phi) is 4.80. The maximum absolute atomic E-state index is 12.8. The molecular weight excluding hydrogens is 324 g/mol. The zero-order valence-electron chi connectivity index (χ0n) is 13.7. The second-order valence-corrected chi connectivity index (χ2v) is 6.81. The van der Waals surface area contributed by atoms with Gasteiger partial charge in [-0.2, -0.15) is 0 Å². The second-order valence-electron chi connectivity index (χ2n) is 5.84. The highest BCUT2D eigenvalue weighted by Crippen LogP contribution is 2.18. The first-order valence-corrected chi connectivity index (χ1v) is 8.71. The van der Waals surface area contributed by atoms with E-state index in [0.717, 1.165) is 10.6 Å². The van der Waals surface area contributed by atoms with Crippen LogP contribution in [0.25, 0.3) is 0 Å². The Bertz CT molecular complexity index is 732. The molecule has 126 valence electrons. The van der Waals surface area contributed by atoms with E-state index < -0.39 is 6.04 Å². The summed E-state index contributed by atoms with van der Waals surface area (Å²) in [5, 5.41) is 3.30. The largest absolute Gasteiger partial charge is 0.380 e. The highest BCUT2D eigenvalue weighted by atomic mass is 32.1. The van der Waals surface area contributed by atoms with Gasteiger partial charge in [0.05, 0.1) is 12.1 Å². The number of rotatable bonds is 4. The van der Waals surface area contributed by atoms with E-state index in [1.54, 1.807) is 46.7 Å². The van der Waals surface area contributed by atoms with Crippen molar-refractivity contribution in [3.05, 3.63) is 46.4 Å². The van der Waals surface area contributed by atoms with Crippen LogP contribution in [0, 0.1) is 0 Å². The van der Waals surface area contributed by atoms with Crippen LogP contribution in [0.3, 0.4) is 0 Å². The van der Waals surface area contributed by atoms with E-state index in [9.17, 15) is 9.59 Å². The van der Waals surface area contributed by atoms with Crippen molar-refractivity contribution in [1.82, 2.24) is 14.8 Å². The van der Waals surface area contributed by atoms with Crippen molar-refractivity contribution < 1.29 is 9.59 Å². The van der Waals surface area contributed by atoms with Crippen molar-refractivity contribution in [2.45, 2.75) is 19.5 Å². The number of amides is 2. The summed E-state index contributed by atoms with van der Waals surface area (Å²) >= 11 is 1.59. The molecule has 1 aromatic heterocycles. The molecule has 0 radical (unpaired) electrons. The molecule has 1 aliphatic heterocycles. The molecule has 0 bridgehead atoms. The number of nitrogens with zero attached hydrogens (tertiary/aromatic N) is 3. The number of thiazole rings is 1. The second kappa shape index (κ2) is 7.00. The van der Waals surface area contributed by atoms with Crippen molar-refractivity contribution in [2.24, 2.45) is 0 Å². The molecule has 1 N–H and O–H groups in total. The van der Waals surface area contributed by atoms with E-state index in [2.05, 4.69) is 10.3 Å². The van der Waals surface area contributed by atoms with Gasteiger partial charge in [-0.05, 0) is 25.1 Å². The Labute approximate surface area is 145 Å². The van der Waals surface area contributed by atoms with E-state index in [0.29, 0.717) is 25.2 Å². The lowest BCUT2D eigenvalue weighted by Crippen LogP contribution is -2.56. The quantitative estimate of drug-likeness (QED) is 0.922. The van der Waals surface area contributed by atoms with Gasteiger partial charge in [-0.15, -0.1) is 11.3 Å². The molecule has 0 spiro atoms. The normalized spacial score (nSPS) is 17.9. The zero-order chi connectivity index (χ0) is 17.1. The van der Waals surface area contributed by atoms with Crippen molar-refractivity contribution in [3.8, 4) is 0 Å². The van der Waals surface area contributed by atoms with Crippen LogP contribution >= 0.6 is 11.3 Å². The Morgan fingerprint density at radius 1 is 1.42 bits per heavy atom. The summed E-state index contributed by atoms with van der Waals surface area (Å²) in [6.45, 7) is 3.58. The minimum atomic E-state index is -0.426. The lowest BCUT2D eigenvalue weighted by Gasteiger charge is -2.37. The number of piperazine rings is 1. The monoisotopic (exact) mass is 344 g/mol. The van der Waals surface area contributed by atoms with Gasteiger partial charge >= 0.3 is 0 Å². The molecule has 0 saturated carbocycles. The van der Waals surface area contributed by atoms with Gasteiger partial charge in [0, 0.05) is 42.5 Å². The molecule has 1 aromatic carbocycles. The molecule has 3 rings (SSSR count). The summed E-state index contributed by atoms with van der Waals surface area (Å²) in [6.07, 6.45) is 1.82. The van der Waals surface area contributed by atoms with Gasteiger partial charge < -0.3 is 15.1 Å². The first kappa shape index (κ1) is 16.4. The van der Waals surface area contributed by atoms with E-state index in [1.807, 2.05) is 24.4 Å². The summed E-state index contributed by atoms with van der Waals surface area (Å²) in [7, 11) is 1.77. The van der Waals surface area contributed by atoms with E-state index >= 15 is 0 Å². The number of carbonyl (C=O) groups is 2. The van der Waals surface area contributed by atoms with Crippen molar-refractivity contribution in [1.29, 1.82) is 0 Å². The Morgan fingerprint density at radius 3 is 3.00 bits per heavy atom. The van der Waals surface area contributed by atoms with E-state index in [1.165, 1.54) is 0 Å². The van der Waals surface area contributed by atoms with Crippen LogP contribution in [-0.2, 0) is 11.3 Å². The first-order chi connectivity index (χ1) is 11.6. The topological polar surface area (TPSA) is 65.5 Å². The van der Waals surface area contributed by atoms with Crippen LogP contribution in [0.1, 0.15) is 22.2 Å². The molecule has 1 unspecified atom stereocenters. The Morgan fingerprint density at radius 2 is 2.25 bits per heavy atom. The SMILES string of the molecule is CC1C(=O)N(C)CCN1C(=O)c1cccc(NCc2cncs2)c1. The minimum Gasteiger partial charge on any atom is -0.380 e. The summed E-state index contributed by atoms with van der Waals surface area (Å²) in [5.74, 6) is -0.125. The summed E-state index contributed by atoms with van der Waals surface area (Å²) < 4.78 is 0. The van der Waals surface area contributed by atoms with Gasteiger partial charge in [0.25, 0.3) is 5.91 Å². The van der Waals surface area contributed by atoms with Gasteiger partial charge in [-0.3, -0.25) is 14.6 Å². The van der Waals surface area contributed by atoms with Crippen molar-refractivity contribution >= 4 is 28.8 Å². The molecule has 2 heterocycles. The van der Waals surface area contributed by atoms with E-state index in [-0.39, 0.29) is 11.8 Å². The smallest absolute Gasteiger partial charge is 0.254 e. The number of hydrogen-bond acceptors (Lipinski definition) is 5. The molecule has 1 fully saturated rings. The standard InChI is InChI=1S/C17H20N4O2S/c1-12-16(22)20(2)6-7-21(12)17(23)13-4-3-5-14(8-13)19-10-15-9-18-11-24-15/h3-5,8-9,11-12,19H,6-7,10H2,1-2H3. The average molecular weight is 344 g/mol. The third-order valence-corrected chi connectivity index (χ3v) is 4.98. The summed E-state index contributed by atoms with van der Waals surface area (Å²) in [6, 6.07) is 6.97. The third-order valence-electron chi connectivity index (χ3n) is 4.20. The minimum absolute atomic E-state index is 0.0194. The Balaban J connectivity index is 1.71. The maximum atomic E-state index is 12.8. The fraction of sp³-hybridized carbons (Fsp3) is 0.353. The predicted molar refractivity (Wildman–Crippen MR) is 94.0 cm³/mol. The highest BCUT2D eigenvalue weighted by molar-refractivity contribution is 7.09. The van der Waals surface area contributed by atoms with Crippen LogP contribution in [0.2, 0.25) is 0 Å². The van der Waals surface area contributed by atoms with Crippen molar-refractivity contribution in [2.75, 3.05) is 25.5 Å². The van der Waals surface area contributed by atoms with Crippen LogP contribution in [0.15, 0.2) is 36.0 Å². The molecular formula is C17H20N4O2S. The third kappa shape index (κ3) is 3.41.